The van der Waals surface area contributed by atoms with Gasteiger partial charge in [0.15, 0.2) is 0 Å². The van der Waals surface area contributed by atoms with Crippen LogP contribution in [0.4, 0.5) is 11.4 Å². The number of carbonyl (C=O) groups is 1. The summed E-state index contributed by atoms with van der Waals surface area (Å²) in [4.78, 5) is 13.9. The first-order valence-electron chi connectivity index (χ1n) is 6.44. The Labute approximate surface area is 113 Å². The van der Waals surface area contributed by atoms with Crippen LogP contribution in [0.25, 0.3) is 0 Å². The number of nitrogens with zero attached hydrogens (tertiary/aromatic N) is 1. The van der Waals surface area contributed by atoms with Crippen LogP contribution in [0.3, 0.4) is 0 Å². The highest BCUT2D eigenvalue weighted by Gasteiger charge is 2.28. The first-order chi connectivity index (χ1) is 9.04. The van der Waals surface area contributed by atoms with Crippen LogP contribution in [0.15, 0.2) is 18.2 Å². The summed E-state index contributed by atoms with van der Waals surface area (Å²) in [6.07, 6.45) is 0.388. The molecule has 1 aromatic carbocycles. The van der Waals surface area contributed by atoms with Gasteiger partial charge in [0.1, 0.15) is 0 Å². The number of rotatable bonds is 2. The number of nitrogens with two attached hydrogens (primary N) is 1. The van der Waals surface area contributed by atoms with E-state index < -0.39 is 0 Å². The molecule has 0 amide bonds. The Bertz CT molecular complexity index is 476. The molecule has 0 radical (unpaired) electrons. The smallest absolute Gasteiger partial charge is 0.340 e. The van der Waals surface area contributed by atoms with Crippen LogP contribution in [-0.4, -0.2) is 37.4 Å². The number of ether oxygens (including phenoxy) is 1. The minimum Gasteiger partial charge on any atom is -0.465 e. The number of nitrogen functional groups attached to an aromatic ring is 1. The lowest BCUT2D eigenvalue weighted by molar-refractivity contribution is 0.0601. The van der Waals surface area contributed by atoms with Gasteiger partial charge >= 0.3 is 5.97 Å². The molecule has 1 saturated heterocycles. The van der Waals surface area contributed by atoms with Crippen LogP contribution < -0.4 is 10.6 Å². The van der Waals surface area contributed by atoms with Crippen molar-refractivity contribution in [1.29, 1.82) is 0 Å². The van der Waals surface area contributed by atoms with E-state index in [1.165, 1.54) is 7.11 Å². The number of anilines is 2. The summed E-state index contributed by atoms with van der Waals surface area (Å²) in [7, 11) is 1.36. The fourth-order valence-electron chi connectivity index (χ4n) is 2.53. The van der Waals surface area contributed by atoms with Crippen LogP contribution in [0, 0.1) is 5.92 Å². The van der Waals surface area contributed by atoms with Gasteiger partial charge in [-0.25, -0.2) is 4.79 Å². The average Bonchev–Trinajstić information content (AvgIpc) is 2.41. The van der Waals surface area contributed by atoms with Gasteiger partial charge in [0.25, 0.3) is 0 Å². The van der Waals surface area contributed by atoms with Crippen molar-refractivity contribution in [2.75, 3.05) is 30.8 Å². The van der Waals surface area contributed by atoms with Crippen molar-refractivity contribution in [3.63, 3.8) is 0 Å². The number of benzene rings is 1. The molecule has 0 aromatic heterocycles. The van der Waals surface area contributed by atoms with Gasteiger partial charge in [0, 0.05) is 13.1 Å². The summed E-state index contributed by atoms with van der Waals surface area (Å²) in [6.45, 7) is 3.36. The Morgan fingerprint density at radius 2 is 2.26 bits per heavy atom. The van der Waals surface area contributed by atoms with Crippen LogP contribution >= 0.6 is 0 Å². The van der Waals surface area contributed by atoms with Crippen molar-refractivity contribution in [2.24, 2.45) is 5.92 Å². The van der Waals surface area contributed by atoms with Crippen molar-refractivity contribution in [3.05, 3.63) is 23.8 Å². The number of methoxy groups -OCH3 is 1. The molecule has 0 saturated carbocycles. The fourth-order valence-corrected chi connectivity index (χ4v) is 2.53. The van der Waals surface area contributed by atoms with Crippen molar-refractivity contribution < 1.29 is 14.6 Å². The van der Waals surface area contributed by atoms with Gasteiger partial charge in [-0.15, -0.1) is 0 Å². The molecule has 19 heavy (non-hydrogen) atoms. The summed E-state index contributed by atoms with van der Waals surface area (Å²) in [5, 5.41) is 9.79. The summed E-state index contributed by atoms with van der Waals surface area (Å²) in [5.41, 5.74) is 7.77. The van der Waals surface area contributed by atoms with Crippen molar-refractivity contribution >= 4 is 17.3 Å². The van der Waals surface area contributed by atoms with E-state index in [9.17, 15) is 9.90 Å². The molecule has 2 unspecified atom stereocenters. The van der Waals surface area contributed by atoms with E-state index in [4.69, 9.17) is 10.5 Å². The van der Waals surface area contributed by atoms with Gasteiger partial charge in [-0.3, -0.25) is 0 Å². The maximum atomic E-state index is 11.8. The number of esters is 1. The quantitative estimate of drug-likeness (QED) is 0.621. The van der Waals surface area contributed by atoms with Crippen LogP contribution in [-0.2, 0) is 4.74 Å². The van der Waals surface area contributed by atoms with Gasteiger partial charge < -0.3 is 20.5 Å². The molecule has 3 N–H and O–H groups in total. The average molecular weight is 264 g/mol. The highest BCUT2D eigenvalue weighted by molar-refractivity contribution is 5.99. The molecule has 2 rings (SSSR count). The van der Waals surface area contributed by atoms with E-state index in [1.807, 2.05) is 6.92 Å². The van der Waals surface area contributed by atoms with Crippen molar-refractivity contribution in [3.8, 4) is 0 Å². The Morgan fingerprint density at radius 3 is 2.89 bits per heavy atom. The molecule has 1 aliphatic rings. The molecule has 1 aliphatic heterocycles. The zero-order valence-corrected chi connectivity index (χ0v) is 11.3. The zero-order valence-electron chi connectivity index (χ0n) is 11.3. The number of hydrogen-bond donors (Lipinski definition) is 2. The monoisotopic (exact) mass is 264 g/mol. The maximum absolute atomic E-state index is 11.8. The number of para-hydroxylation sites is 1. The molecule has 5 nitrogen and oxygen atoms in total. The summed E-state index contributed by atoms with van der Waals surface area (Å²) in [6, 6.07) is 5.23. The van der Waals surface area contributed by atoms with E-state index in [0.717, 1.165) is 0 Å². The Kier molecular flexibility index (Phi) is 3.95. The van der Waals surface area contributed by atoms with Crippen LogP contribution in [0.1, 0.15) is 23.7 Å². The number of aliphatic hydroxyl groups is 1. The van der Waals surface area contributed by atoms with Gasteiger partial charge in [0.2, 0.25) is 0 Å². The largest absolute Gasteiger partial charge is 0.465 e. The summed E-state index contributed by atoms with van der Waals surface area (Å²) >= 11 is 0. The second-order valence-corrected chi connectivity index (χ2v) is 5.01. The van der Waals surface area contributed by atoms with Gasteiger partial charge in [0.05, 0.1) is 30.2 Å². The zero-order chi connectivity index (χ0) is 14.0. The minimum atomic E-state index is -0.388. The van der Waals surface area contributed by atoms with E-state index in [2.05, 4.69) is 4.90 Å². The second kappa shape index (κ2) is 5.48. The van der Waals surface area contributed by atoms with Crippen LogP contribution in [0.5, 0.6) is 0 Å². The van der Waals surface area contributed by atoms with E-state index in [1.54, 1.807) is 18.2 Å². The fraction of sp³-hybridized carbons (Fsp3) is 0.500. The molecule has 0 spiro atoms. The number of hydrogen-bond acceptors (Lipinski definition) is 5. The number of aliphatic hydroxyl groups excluding tert-OH is 1. The van der Waals surface area contributed by atoms with Crippen LogP contribution in [0.2, 0.25) is 0 Å². The number of piperidine rings is 1. The lowest BCUT2D eigenvalue weighted by Gasteiger charge is -2.37. The third-order valence-electron chi connectivity index (χ3n) is 3.65. The second-order valence-electron chi connectivity index (χ2n) is 5.01. The Morgan fingerprint density at radius 1 is 1.53 bits per heavy atom. The predicted molar refractivity (Wildman–Crippen MR) is 74.2 cm³/mol. The molecule has 1 heterocycles. The lowest BCUT2D eigenvalue weighted by atomic mass is 9.95. The van der Waals surface area contributed by atoms with Crippen molar-refractivity contribution in [2.45, 2.75) is 19.4 Å². The van der Waals surface area contributed by atoms with Gasteiger partial charge in [-0.05, 0) is 24.5 Å². The molecule has 2 atom stereocenters. The van der Waals surface area contributed by atoms with E-state index in [0.29, 0.717) is 36.4 Å². The maximum Gasteiger partial charge on any atom is 0.340 e. The van der Waals surface area contributed by atoms with Gasteiger partial charge in [-0.1, -0.05) is 13.0 Å². The number of carbonyl (C=O) groups excluding carboxylic acids is 1. The molecular weight excluding hydrogens is 244 g/mol. The SMILES string of the molecule is COC(=O)c1cccc(N)c1N1CCC(O)C(C)C1. The third-order valence-corrected chi connectivity index (χ3v) is 3.65. The third kappa shape index (κ3) is 2.66. The molecule has 1 aromatic rings. The summed E-state index contributed by atoms with van der Waals surface area (Å²) < 4.78 is 4.80. The minimum absolute atomic E-state index is 0.152. The molecular formula is C14H20N2O3. The lowest BCUT2D eigenvalue weighted by Crippen LogP contribution is -2.42. The molecule has 1 fully saturated rings. The highest BCUT2D eigenvalue weighted by atomic mass is 16.5. The molecule has 5 heteroatoms. The Hall–Kier alpha value is -1.75. The highest BCUT2D eigenvalue weighted by Crippen LogP contribution is 2.32. The Balaban J connectivity index is 2.36. The molecule has 0 bridgehead atoms. The normalized spacial score (nSPS) is 23.2. The molecule has 0 aliphatic carbocycles. The van der Waals surface area contributed by atoms with Gasteiger partial charge in [-0.2, -0.15) is 0 Å². The molecule has 104 valence electrons. The summed E-state index contributed by atoms with van der Waals surface area (Å²) in [5.74, 6) is -0.236. The standard InChI is InChI=1S/C14H20N2O3/c1-9-8-16(7-6-12(9)17)13-10(14(18)19-2)4-3-5-11(13)15/h3-5,9,12,17H,6-8,15H2,1-2H3. The first-order valence-corrected chi connectivity index (χ1v) is 6.44. The predicted octanol–water partition coefficient (Wildman–Crippen LogP) is 1.26. The van der Waals surface area contributed by atoms with Crippen molar-refractivity contribution in [1.82, 2.24) is 0 Å². The van der Waals surface area contributed by atoms with E-state index >= 15 is 0 Å². The topological polar surface area (TPSA) is 75.8 Å². The first kappa shape index (κ1) is 13.7. The van der Waals surface area contributed by atoms with E-state index in [-0.39, 0.29) is 18.0 Å².